The number of piperidine rings is 1. The molecule has 140 valence electrons. The molecule has 0 saturated carbocycles. The van der Waals surface area contributed by atoms with Gasteiger partial charge >= 0.3 is 0 Å². The van der Waals surface area contributed by atoms with Crippen LogP contribution in [0.15, 0.2) is 48.5 Å². The summed E-state index contributed by atoms with van der Waals surface area (Å²) in [5.74, 6) is 2.09. The van der Waals surface area contributed by atoms with Gasteiger partial charge in [0.1, 0.15) is 11.6 Å². The maximum absolute atomic E-state index is 6.15. The molecule has 4 rings (SSSR count). The molecule has 1 aromatic heterocycles. The van der Waals surface area contributed by atoms with Crippen molar-refractivity contribution in [1.82, 2.24) is 14.8 Å². The summed E-state index contributed by atoms with van der Waals surface area (Å²) >= 11 is 11.6. The lowest BCUT2D eigenvalue weighted by Crippen LogP contribution is -2.33. The number of nitrogens with one attached hydrogen (secondary N) is 1. The summed E-state index contributed by atoms with van der Waals surface area (Å²) in [5.41, 5.74) is 2.19. The van der Waals surface area contributed by atoms with Crippen molar-refractivity contribution in [3.63, 3.8) is 0 Å². The van der Waals surface area contributed by atoms with E-state index in [1.807, 2.05) is 36.4 Å². The molecule has 0 unspecified atom stereocenters. The lowest BCUT2D eigenvalue weighted by molar-refractivity contribution is 0.414. The van der Waals surface area contributed by atoms with Crippen LogP contribution in [0.2, 0.25) is 5.02 Å². The smallest absolute Gasteiger partial charge is 0.199 e. The molecule has 5 nitrogen and oxygen atoms in total. The van der Waals surface area contributed by atoms with Gasteiger partial charge in [0, 0.05) is 36.4 Å². The van der Waals surface area contributed by atoms with Crippen LogP contribution < -0.4 is 9.64 Å². The van der Waals surface area contributed by atoms with Crippen LogP contribution in [0.25, 0.3) is 5.69 Å². The number of rotatable bonds is 4. The second kappa shape index (κ2) is 7.74. The fraction of sp³-hybridized carbons (Fsp3) is 0.300. The highest BCUT2D eigenvalue weighted by Gasteiger charge is 2.26. The highest BCUT2D eigenvalue weighted by Crippen LogP contribution is 2.34. The summed E-state index contributed by atoms with van der Waals surface area (Å²) in [6.07, 6.45) is 2.02. The van der Waals surface area contributed by atoms with Crippen molar-refractivity contribution in [2.75, 3.05) is 25.1 Å². The number of H-pyrrole nitrogens is 1. The minimum Gasteiger partial charge on any atom is -0.495 e. The number of ether oxygens (including phenoxy) is 1. The number of halogens is 1. The monoisotopic (exact) mass is 400 g/mol. The predicted molar refractivity (Wildman–Crippen MR) is 111 cm³/mol. The fourth-order valence-electron chi connectivity index (χ4n) is 3.65. The van der Waals surface area contributed by atoms with Gasteiger partial charge in [-0.05, 0) is 49.3 Å². The van der Waals surface area contributed by atoms with E-state index in [9.17, 15) is 0 Å². The Hall–Kier alpha value is -2.31. The summed E-state index contributed by atoms with van der Waals surface area (Å²) in [5, 5.41) is 8.14. The number of hydrogen-bond donors (Lipinski definition) is 1. The Morgan fingerprint density at radius 3 is 2.56 bits per heavy atom. The van der Waals surface area contributed by atoms with Crippen molar-refractivity contribution in [1.29, 1.82) is 0 Å². The number of aromatic nitrogens is 3. The number of aromatic amines is 1. The van der Waals surface area contributed by atoms with Gasteiger partial charge in [0.05, 0.1) is 12.1 Å². The second-order valence-corrected chi connectivity index (χ2v) is 7.43. The van der Waals surface area contributed by atoms with E-state index in [1.54, 1.807) is 7.11 Å². The molecule has 1 aliphatic heterocycles. The highest BCUT2D eigenvalue weighted by molar-refractivity contribution is 7.71. The van der Waals surface area contributed by atoms with Gasteiger partial charge in [0.15, 0.2) is 4.77 Å². The van der Waals surface area contributed by atoms with E-state index in [1.165, 1.54) is 0 Å². The molecule has 1 N–H and O–H groups in total. The van der Waals surface area contributed by atoms with Crippen molar-refractivity contribution in [2.24, 2.45) is 0 Å². The normalized spacial score (nSPS) is 15.1. The maximum atomic E-state index is 6.15. The minimum atomic E-state index is 0.364. The highest BCUT2D eigenvalue weighted by atomic mass is 35.5. The Morgan fingerprint density at radius 2 is 1.85 bits per heavy atom. The summed E-state index contributed by atoms with van der Waals surface area (Å²) in [4.78, 5) is 2.36. The molecule has 1 aliphatic rings. The average molecular weight is 401 g/mol. The van der Waals surface area contributed by atoms with Crippen LogP contribution in [0, 0.1) is 4.77 Å². The number of benzene rings is 2. The molecule has 1 fully saturated rings. The Kier molecular flexibility index (Phi) is 5.18. The van der Waals surface area contributed by atoms with Gasteiger partial charge in [-0.15, -0.1) is 0 Å². The third kappa shape index (κ3) is 3.59. The summed E-state index contributed by atoms with van der Waals surface area (Å²) in [6.45, 7) is 1.90. The van der Waals surface area contributed by atoms with Gasteiger partial charge in [-0.1, -0.05) is 29.8 Å². The average Bonchev–Trinajstić information content (AvgIpc) is 3.10. The predicted octanol–water partition coefficient (Wildman–Crippen LogP) is 4.98. The topological polar surface area (TPSA) is 46.1 Å². The molecule has 2 aromatic carbocycles. The van der Waals surface area contributed by atoms with Crippen LogP contribution in [0.3, 0.4) is 0 Å². The quantitative estimate of drug-likeness (QED) is 0.627. The van der Waals surface area contributed by atoms with Gasteiger partial charge in [-0.25, -0.2) is 0 Å². The molecular weight excluding hydrogens is 380 g/mol. The zero-order valence-electron chi connectivity index (χ0n) is 15.1. The minimum absolute atomic E-state index is 0.364. The van der Waals surface area contributed by atoms with Crippen LogP contribution in [-0.2, 0) is 0 Å². The van der Waals surface area contributed by atoms with E-state index in [2.05, 4.69) is 31.8 Å². The van der Waals surface area contributed by atoms with Crippen molar-refractivity contribution in [3.05, 3.63) is 64.1 Å². The lowest BCUT2D eigenvalue weighted by atomic mass is 9.95. The molecule has 0 aliphatic carbocycles. The van der Waals surface area contributed by atoms with E-state index in [-0.39, 0.29) is 0 Å². The summed E-state index contributed by atoms with van der Waals surface area (Å²) in [6, 6.07) is 16.1. The summed E-state index contributed by atoms with van der Waals surface area (Å²) < 4.78 is 8.04. The van der Waals surface area contributed by atoms with Gasteiger partial charge in [0.2, 0.25) is 0 Å². The molecule has 1 saturated heterocycles. The largest absolute Gasteiger partial charge is 0.495 e. The summed E-state index contributed by atoms with van der Waals surface area (Å²) in [7, 11) is 1.64. The zero-order valence-corrected chi connectivity index (χ0v) is 16.6. The van der Waals surface area contributed by atoms with Gasteiger partial charge in [0.25, 0.3) is 0 Å². The molecule has 0 atom stereocenters. The first-order valence-electron chi connectivity index (χ1n) is 8.98. The Balaban J connectivity index is 1.53. The number of methoxy groups -OCH3 is 1. The lowest BCUT2D eigenvalue weighted by Gasteiger charge is -2.33. The van der Waals surface area contributed by atoms with Crippen LogP contribution in [-0.4, -0.2) is 35.0 Å². The van der Waals surface area contributed by atoms with E-state index in [0.717, 1.165) is 43.1 Å². The van der Waals surface area contributed by atoms with Crippen LogP contribution >= 0.6 is 23.8 Å². The molecular formula is C20H21ClN4OS. The van der Waals surface area contributed by atoms with Gasteiger partial charge in [-0.3, -0.25) is 9.67 Å². The third-order valence-electron chi connectivity index (χ3n) is 5.07. The number of hydrogen-bond acceptors (Lipinski definition) is 4. The zero-order chi connectivity index (χ0) is 18.8. The van der Waals surface area contributed by atoms with Crippen molar-refractivity contribution >= 4 is 29.5 Å². The standard InChI is InChI=1S/C20H21ClN4OS/c1-26-18-13-16(7-8-17(18)21)24-11-9-14(10-12-24)19-22-23-20(27)25(19)15-5-3-2-4-6-15/h2-8,13-14H,9-12H2,1H3,(H,23,27). The first-order chi connectivity index (χ1) is 13.2. The van der Waals surface area contributed by atoms with Gasteiger partial charge < -0.3 is 9.64 Å². The first-order valence-corrected chi connectivity index (χ1v) is 9.77. The Morgan fingerprint density at radius 1 is 1.11 bits per heavy atom. The molecule has 0 spiro atoms. The molecule has 0 amide bonds. The van der Waals surface area contributed by atoms with E-state index < -0.39 is 0 Å². The SMILES string of the molecule is COc1cc(N2CCC(c3n[nH]c(=S)n3-c3ccccc3)CC2)ccc1Cl. The number of anilines is 1. The van der Waals surface area contributed by atoms with Crippen LogP contribution in [0.5, 0.6) is 5.75 Å². The first kappa shape index (κ1) is 18.1. The Labute approximate surface area is 168 Å². The third-order valence-corrected chi connectivity index (χ3v) is 5.66. The van der Waals surface area contributed by atoms with Crippen molar-refractivity contribution < 1.29 is 4.74 Å². The molecule has 0 radical (unpaired) electrons. The van der Waals surface area contributed by atoms with Crippen molar-refractivity contribution in [3.8, 4) is 11.4 Å². The molecule has 7 heteroatoms. The molecule has 2 heterocycles. The van der Waals surface area contributed by atoms with E-state index in [0.29, 0.717) is 21.5 Å². The van der Waals surface area contributed by atoms with Crippen LogP contribution in [0.4, 0.5) is 5.69 Å². The Bertz CT molecular complexity index is 977. The molecule has 0 bridgehead atoms. The van der Waals surface area contributed by atoms with Crippen LogP contribution in [0.1, 0.15) is 24.6 Å². The van der Waals surface area contributed by atoms with Gasteiger partial charge in [-0.2, -0.15) is 5.10 Å². The molecule has 3 aromatic rings. The maximum Gasteiger partial charge on any atom is 0.199 e. The molecule has 27 heavy (non-hydrogen) atoms. The van der Waals surface area contributed by atoms with E-state index in [4.69, 9.17) is 28.6 Å². The van der Waals surface area contributed by atoms with E-state index >= 15 is 0 Å². The second-order valence-electron chi connectivity index (χ2n) is 6.64. The number of nitrogens with zero attached hydrogens (tertiary/aromatic N) is 3. The van der Waals surface area contributed by atoms with Crippen molar-refractivity contribution in [2.45, 2.75) is 18.8 Å². The number of para-hydroxylation sites is 1. The fourth-order valence-corrected chi connectivity index (χ4v) is 4.09.